The van der Waals surface area contributed by atoms with E-state index in [1.165, 1.54) is 0 Å². The van der Waals surface area contributed by atoms with Crippen molar-refractivity contribution >= 4 is 15.9 Å². The first-order valence-electron chi connectivity index (χ1n) is 9.78. The Balaban J connectivity index is 1.87. The van der Waals surface area contributed by atoms with Crippen LogP contribution in [0, 0.1) is 5.92 Å². The highest BCUT2D eigenvalue weighted by molar-refractivity contribution is 7.89. The third-order valence-electron chi connectivity index (χ3n) is 4.99. The number of hydrogen-bond donors (Lipinski definition) is 0. The molecule has 26 heavy (non-hydrogen) atoms. The van der Waals surface area contributed by atoms with Crippen LogP contribution in [-0.4, -0.2) is 55.5 Å². The number of aryl methyl sites for hydroxylation is 1. The molecule has 1 heterocycles. The molecule has 0 N–H and O–H groups in total. The average molecular weight is 381 g/mol. The van der Waals surface area contributed by atoms with Crippen LogP contribution in [0.4, 0.5) is 0 Å². The molecule has 0 unspecified atom stereocenters. The summed E-state index contributed by atoms with van der Waals surface area (Å²) in [4.78, 5) is 14.7. The number of piperidine rings is 1. The molecule has 1 fully saturated rings. The van der Waals surface area contributed by atoms with Gasteiger partial charge in [-0.25, -0.2) is 12.7 Å². The molecule has 6 heteroatoms. The van der Waals surface area contributed by atoms with Crippen molar-refractivity contribution in [1.82, 2.24) is 9.21 Å². The van der Waals surface area contributed by atoms with E-state index >= 15 is 0 Å². The molecule has 5 nitrogen and oxygen atoms in total. The molecule has 1 amide bonds. The van der Waals surface area contributed by atoms with E-state index in [1.54, 1.807) is 4.31 Å². The molecule has 0 atom stereocenters. The van der Waals surface area contributed by atoms with Gasteiger partial charge in [-0.1, -0.05) is 44.2 Å². The molecule has 1 aliphatic rings. The van der Waals surface area contributed by atoms with E-state index in [2.05, 4.69) is 13.8 Å². The Bertz CT molecular complexity index is 647. The van der Waals surface area contributed by atoms with Crippen LogP contribution in [0.1, 0.15) is 45.1 Å². The maximum Gasteiger partial charge on any atom is 0.225 e. The molecule has 1 aromatic rings. The minimum absolute atomic E-state index is 0.0336. The van der Waals surface area contributed by atoms with Gasteiger partial charge in [0, 0.05) is 32.1 Å². The monoisotopic (exact) mass is 380 g/mol. The normalized spacial score (nSPS) is 16.5. The fourth-order valence-corrected chi connectivity index (χ4v) is 5.05. The van der Waals surface area contributed by atoms with Crippen molar-refractivity contribution in [1.29, 1.82) is 0 Å². The quantitative estimate of drug-likeness (QED) is 0.662. The summed E-state index contributed by atoms with van der Waals surface area (Å²) in [5, 5.41) is 0. The zero-order chi connectivity index (χ0) is 19.0. The summed E-state index contributed by atoms with van der Waals surface area (Å²) >= 11 is 0. The Morgan fingerprint density at radius 3 is 2.19 bits per heavy atom. The molecule has 0 radical (unpaired) electrons. The minimum Gasteiger partial charge on any atom is -0.342 e. The lowest BCUT2D eigenvalue weighted by molar-refractivity contribution is -0.136. The van der Waals surface area contributed by atoms with Gasteiger partial charge in [0.25, 0.3) is 0 Å². The van der Waals surface area contributed by atoms with Crippen molar-refractivity contribution in [3.8, 4) is 0 Å². The van der Waals surface area contributed by atoms with Gasteiger partial charge in [0.1, 0.15) is 0 Å². The van der Waals surface area contributed by atoms with E-state index in [0.717, 1.165) is 31.5 Å². The van der Waals surface area contributed by atoms with Crippen LogP contribution < -0.4 is 0 Å². The second-order valence-corrected chi connectivity index (χ2v) is 9.14. The van der Waals surface area contributed by atoms with Gasteiger partial charge in [-0.2, -0.15) is 0 Å². The van der Waals surface area contributed by atoms with Crippen molar-refractivity contribution in [2.75, 3.05) is 31.9 Å². The first kappa shape index (κ1) is 20.9. The van der Waals surface area contributed by atoms with Gasteiger partial charge in [-0.3, -0.25) is 4.79 Å². The molecule has 2 rings (SSSR count). The second kappa shape index (κ2) is 10.1. The molecule has 0 aromatic heterocycles. The summed E-state index contributed by atoms with van der Waals surface area (Å²) in [5.74, 6) is 0.302. The van der Waals surface area contributed by atoms with E-state index in [4.69, 9.17) is 0 Å². The SMILES string of the molecule is CCCN(CCC)C(=O)C1CCN(S(=O)(=O)CCc2ccccc2)CC1. The van der Waals surface area contributed by atoms with Gasteiger partial charge >= 0.3 is 0 Å². The molecule has 0 aliphatic carbocycles. The number of carbonyl (C=O) groups excluding carboxylic acids is 1. The number of sulfonamides is 1. The lowest BCUT2D eigenvalue weighted by Crippen LogP contribution is -2.45. The summed E-state index contributed by atoms with van der Waals surface area (Å²) < 4.78 is 26.8. The number of amides is 1. The summed E-state index contributed by atoms with van der Waals surface area (Å²) in [6.07, 6.45) is 3.71. The number of nitrogens with zero attached hydrogens (tertiary/aromatic N) is 2. The maximum atomic E-state index is 12.7. The number of carbonyl (C=O) groups is 1. The van der Waals surface area contributed by atoms with Gasteiger partial charge < -0.3 is 4.90 Å². The fraction of sp³-hybridized carbons (Fsp3) is 0.650. The van der Waals surface area contributed by atoms with Crippen LogP contribution in [-0.2, 0) is 21.2 Å². The third kappa shape index (κ3) is 5.81. The van der Waals surface area contributed by atoms with Crippen molar-refractivity contribution in [2.24, 2.45) is 5.92 Å². The average Bonchev–Trinajstić information content (AvgIpc) is 2.67. The highest BCUT2D eigenvalue weighted by Crippen LogP contribution is 2.22. The summed E-state index contributed by atoms with van der Waals surface area (Å²) in [7, 11) is -3.26. The Hall–Kier alpha value is -1.40. The lowest BCUT2D eigenvalue weighted by Gasteiger charge is -2.33. The van der Waals surface area contributed by atoms with Gasteiger partial charge in [-0.15, -0.1) is 0 Å². The lowest BCUT2D eigenvalue weighted by atomic mass is 9.96. The summed E-state index contributed by atoms with van der Waals surface area (Å²) in [6, 6.07) is 9.70. The second-order valence-electron chi connectivity index (χ2n) is 7.05. The zero-order valence-electron chi connectivity index (χ0n) is 16.1. The number of rotatable bonds is 9. The van der Waals surface area contributed by atoms with Gasteiger partial charge in [0.2, 0.25) is 15.9 Å². The van der Waals surface area contributed by atoms with Crippen LogP contribution in [0.3, 0.4) is 0 Å². The van der Waals surface area contributed by atoms with E-state index in [9.17, 15) is 13.2 Å². The Morgan fingerprint density at radius 2 is 1.65 bits per heavy atom. The fourth-order valence-electron chi connectivity index (χ4n) is 3.53. The van der Waals surface area contributed by atoms with Crippen LogP contribution >= 0.6 is 0 Å². The summed E-state index contributed by atoms with van der Waals surface area (Å²) in [6.45, 7) is 6.67. The zero-order valence-corrected chi connectivity index (χ0v) is 16.9. The van der Waals surface area contributed by atoms with Crippen molar-refractivity contribution in [3.05, 3.63) is 35.9 Å². The van der Waals surface area contributed by atoms with Crippen LogP contribution in [0.2, 0.25) is 0 Å². The van der Waals surface area contributed by atoms with E-state index in [-0.39, 0.29) is 17.6 Å². The largest absolute Gasteiger partial charge is 0.342 e. The smallest absolute Gasteiger partial charge is 0.225 e. The van der Waals surface area contributed by atoms with Crippen LogP contribution in [0.25, 0.3) is 0 Å². The molecule has 1 saturated heterocycles. The predicted molar refractivity (Wildman–Crippen MR) is 105 cm³/mol. The first-order chi connectivity index (χ1) is 12.5. The molecule has 1 aromatic carbocycles. The summed E-state index contributed by atoms with van der Waals surface area (Å²) in [5.41, 5.74) is 1.04. The Labute approximate surface area is 158 Å². The maximum absolute atomic E-state index is 12.7. The van der Waals surface area contributed by atoms with Crippen molar-refractivity contribution in [3.63, 3.8) is 0 Å². The molecule has 1 aliphatic heterocycles. The van der Waals surface area contributed by atoms with Crippen molar-refractivity contribution in [2.45, 2.75) is 46.0 Å². The molecular weight excluding hydrogens is 348 g/mol. The van der Waals surface area contributed by atoms with Gasteiger partial charge in [0.15, 0.2) is 0 Å². The highest BCUT2D eigenvalue weighted by Gasteiger charge is 2.32. The molecule has 146 valence electrons. The third-order valence-corrected chi connectivity index (χ3v) is 6.86. The number of hydrogen-bond acceptors (Lipinski definition) is 3. The predicted octanol–water partition coefficient (Wildman–Crippen LogP) is 2.92. The standard InChI is InChI=1S/C20H32N2O3S/c1-3-13-21(14-4-2)20(23)19-10-15-22(16-11-19)26(24,25)17-12-18-8-6-5-7-9-18/h5-9,19H,3-4,10-17H2,1-2H3. The van der Waals surface area contributed by atoms with Gasteiger partial charge in [0.05, 0.1) is 5.75 Å². The minimum atomic E-state index is -3.26. The van der Waals surface area contributed by atoms with E-state index in [0.29, 0.717) is 32.4 Å². The highest BCUT2D eigenvalue weighted by atomic mass is 32.2. The topological polar surface area (TPSA) is 57.7 Å². The Morgan fingerprint density at radius 1 is 1.08 bits per heavy atom. The van der Waals surface area contributed by atoms with Gasteiger partial charge in [-0.05, 0) is 37.7 Å². The molecule has 0 saturated carbocycles. The van der Waals surface area contributed by atoms with Crippen molar-refractivity contribution < 1.29 is 13.2 Å². The molecular formula is C20H32N2O3S. The molecule has 0 spiro atoms. The molecule has 0 bridgehead atoms. The van der Waals surface area contributed by atoms with Crippen LogP contribution in [0.5, 0.6) is 0 Å². The van der Waals surface area contributed by atoms with E-state index < -0.39 is 10.0 Å². The number of benzene rings is 1. The first-order valence-corrected chi connectivity index (χ1v) is 11.4. The van der Waals surface area contributed by atoms with Crippen LogP contribution in [0.15, 0.2) is 30.3 Å². The Kier molecular flexibility index (Phi) is 8.10. The van der Waals surface area contributed by atoms with E-state index in [1.807, 2.05) is 35.2 Å².